The lowest BCUT2D eigenvalue weighted by Gasteiger charge is -2.05. The number of carboxylic acid groups (broad SMARTS) is 1. The van der Waals surface area contributed by atoms with Crippen molar-refractivity contribution in [1.29, 1.82) is 5.26 Å². The van der Waals surface area contributed by atoms with Crippen LogP contribution in [-0.4, -0.2) is 24.5 Å². The van der Waals surface area contributed by atoms with Crippen LogP contribution in [0, 0.1) is 11.3 Å². The Labute approximate surface area is 118 Å². The maximum Gasteiger partial charge on any atom is 0.335 e. The van der Waals surface area contributed by atoms with Gasteiger partial charge in [0.05, 0.1) is 5.56 Å². The lowest BCUT2D eigenvalue weighted by atomic mass is 10.3. The van der Waals surface area contributed by atoms with Crippen molar-refractivity contribution in [2.24, 2.45) is 0 Å². The molecule has 2 N–H and O–H groups in total. The van der Waals surface area contributed by atoms with Gasteiger partial charge in [-0.3, -0.25) is 4.72 Å². The van der Waals surface area contributed by atoms with Gasteiger partial charge in [0.2, 0.25) is 0 Å². The summed E-state index contributed by atoms with van der Waals surface area (Å²) in [6.45, 7) is 0. The fourth-order valence-electron chi connectivity index (χ4n) is 1.33. The van der Waals surface area contributed by atoms with E-state index >= 15 is 0 Å². The molecule has 0 spiro atoms. The first kappa shape index (κ1) is 14.0. The quantitative estimate of drug-likeness (QED) is 0.883. The normalized spacial score (nSPS) is 10.8. The van der Waals surface area contributed by atoms with Crippen LogP contribution in [0.3, 0.4) is 0 Å². The highest BCUT2D eigenvalue weighted by Gasteiger charge is 2.18. The Morgan fingerprint density at radius 2 is 2.15 bits per heavy atom. The summed E-state index contributed by atoms with van der Waals surface area (Å²) in [5, 5.41) is 17.5. The van der Waals surface area contributed by atoms with Gasteiger partial charge in [-0.25, -0.2) is 18.2 Å². The number of nitriles is 1. The summed E-state index contributed by atoms with van der Waals surface area (Å²) in [5.41, 5.74) is -0.0819. The molecule has 2 heterocycles. The molecule has 0 fully saturated rings. The second-order valence-corrected chi connectivity index (χ2v) is 6.56. The van der Waals surface area contributed by atoms with Crippen LogP contribution in [0.2, 0.25) is 0 Å². The number of anilines is 1. The van der Waals surface area contributed by atoms with Crippen LogP contribution in [0.4, 0.5) is 5.82 Å². The van der Waals surface area contributed by atoms with E-state index in [1.165, 1.54) is 24.4 Å². The number of pyridine rings is 1. The number of rotatable bonds is 4. The fraction of sp³-hybridized carbons (Fsp3) is 0. The highest BCUT2D eigenvalue weighted by molar-refractivity contribution is 7.94. The highest BCUT2D eigenvalue weighted by Crippen LogP contribution is 2.23. The van der Waals surface area contributed by atoms with Crippen molar-refractivity contribution in [3.63, 3.8) is 0 Å². The van der Waals surface area contributed by atoms with E-state index in [1.54, 1.807) is 0 Å². The predicted molar refractivity (Wildman–Crippen MR) is 71.0 cm³/mol. The van der Waals surface area contributed by atoms with Gasteiger partial charge in [0, 0.05) is 6.20 Å². The third-order valence-electron chi connectivity index (χ3n) is 2.20. The van der Waals surface area contributed by atoms with Crippen LogP contribution >= 0.6 is 11.3 Å². The number of thiophene rings is 1. The van der Waals surface area contributed by atoms with Gasteiger partial charge in [-0.2, -0.15) is 5.26 Å². The number of sulfonamides is 1. The molecular formula is C11H7N3O4S2. The van der Waals surface area contributed by atoms with Crippen molar-refractivity contribution in [3.05, 3.63) is 40.9 Å². The Morgan fingerprint density at radius 1 is 1.40 bits per heavy atom. The fourth-order valence-corrected chi connectivity index (χ4v) is 3.43. The summed E-state index contributed by atoms with van der Waals surface area (Å²) in [6, 6.07) is 6.89. The maximum atomic E-state index is 12.0. The summed E-state index contributed by atoms with van der Waals surface area (Å²) >= 11 is 0.814. The van der Waals surface area contributed by atoms with E-state index < -0.39 is 16.0 Å². The Bertz CT molecular complexity index is 805. The van der Waals surface area contributed by atoms with Gasteiger partial charge < -0.3 is 5.11 Å². The van der Waals surface area contributed by atoms with E-state index in [-0.39, 0.29) is 20.5 Å². The number of nitrogens with one attached hydrogen (secondary N) is 1. The molecule has 7 nitrogen and oxygen atoms in total. The SMILES string of the molecule is N#Cc1ccc(S(=O)(=O)Nc2cc(C(=O)O)ccn2)s1. The largest absolute Gasteiger partial charge is 0.478 e. The van der Waals surface area contributed by atoms with Gasteiger partial charge in [-0.1, -0.05) is 0 Å². The highest BCUT2D eigenvalue weighted by atomic mass is 32.2. The van der Waals surface area contributed by atoms with Crippen molar-refractivity contribution in [2.45, 2.75) is 4.21 Å². The molecule has 0 amide bonds. The number of hydrogen-bond acceptors (Lipinski definition) is 6. The van der Waals surface area contributed by atoms with Crippen molar-refractivity contribution in [2.75, 3.05) is 4.72 Å². The second-order valence-electron chi connectivity index (χ2n) is 3.57. The van der Waals surface area contributed by atoms with Crippen molar-refractivity contribution >= 4 is 33.1 Å². The number of aromatic nitrogens is 1. The van der Waals surface area contributed by atoms with Crippen LogP contribution in [0.25, 0.3) is 0 Å². The van der Waals surface area contributed by atoms with Crippen LogP contribution in [0.15, 0.2) is 34.7 Å². The average Bonchev–Trinajstić information content (AvgIpc) is 2.88. The molecular weight excluding hydrogens is 302 g/mol. The molecule has 0 aliphatic rings. The van der Waals surface area contributed by atoms with Gasteiger partial charge in [0.1, 0.15) is 21.0 Å². The van der Waals surface area contributed by atoms with Gasteiger partial charge >= 0.3 is 5.97 Å². The van der Waals surface area contributed by atoms with Crippen LogP contribution in [-0.2, 0) is 10.0 Å². The van der Waals surface area contributed by atoms with E-state index in [1.807, 2.05) is 6.07 Å². The zero-order chi connectivity index (χ0) is 14.8. The number of carbonyl (C=O) groups is 1. The summed E-state index contributed by atoms with van der Waals surface area (Å²) in [6.07, 6.45) is 1.19. The summed E-state index contributed by atoms with van der Waals surface area (Å²) in [4.78, 5) is 14.8. The van der Waals surface area contributed by atoms with E-state index in [0.717, 1.165) is 17.4 Å². The van der Waals surface area contributed by atoms with E-state index in [4.69, 9.17) is 10.4 Å². The Morgan fingerprint density at radius 3 is 2.75 bits per heavy atom. The van der Waals surface area contributed by atoms with Crippen LogP contribution in [0.1, 0.15) is 15.2 Å². The molecule has 0 saturated heterocycles. The average molecular weight is 309 g/mol. The predicted octanol–water partition coefficient (Wildman–Crippen LogP) is 1.51. The minimum Gasteiger partial charge on any atom is -0.478 e. The number of carboxylic acids is 1. The molecule has 2 aromatic heterocycles. The minimum absolute atomic E-state index is 0.0448. The van der Waals surface area contributed by atoms with E-state index in [9.17, 15) is 13.2 Å². The molecule has 0 atom stereocenters. The molecule has 0 bridgehead atoms. The first-order chi connectivity index (χ1) is 9.42. The van der Waals surface area contributed by atoms with Crippen molar-refractivity contribution in [1.82, 2.24) is 4.98 Å². The second kappa shape index (κ2) is 5.28. The molecule has 20 heavy (non-hydrogen) atoms. The molecule has 2 rings (SSSR count). The third kappa shape index (κ3) is 2.93. The monoisotopic (exact) mass is 309 g/mol. The number of nitrogens with zero attached hydrogens (tertiary/aromatic N) is 2. The van der Waals surface area contributed by atoms with Gasteiger partial charge in [-0.05, 0) is 24.3 Å². The van der Waals surface area contributed by atoms with Crippen LogP contribution < -0.4 is 4.72 Å². The Balaban J connectivity index is 2.31. The molecule has 0 radical (unpaired) electrons. The third-order valence-corrected chi connectivity index (χ3v) is 5.04. The number of aromatic carboxylic acids is 1. The summed E-state index contributed by atoms with van der Waals surface area (Å²) in [5.74, 6) is -1.28. The van der Waals surface area contributed by atoms with Gasteiger partial charge in [0.25, 0.3) is 10.0 Å². The molecule has 0 saturated carbocycles. The first-order valence-electron chi connectivity index (χ1n) is 5.14. The standard InChI is InChI=1S/C11H7N3O4S2/c12-6-8-1-2-10(19-8)20(17,18)14-9-5-7(11(15)16)3-4-13-9/h1-5H,(H,13,14)(H,15,16). The first-order valence-corrected chi connectivity index (χ1v) is 7.44. The Hall–Kier alpha value is -2.44. The lowest BCUT2D eigenvalue weighted by molar-refractivity contribution is 0.0697. The van der Waals surface area contributed by atoms with Crippen LogP contribution in [0.5, 0.6) is 0 Å². The minimum atomic E-state index is -3.88. The molecule has 9 heteroatoms. The van der Waals surface area contributed by atoms with E-state index in [0.29, 0.717) is 0 Å². The molecule has 0 aromatic carbocycles. The zero-order valence-corrected chi connectivity index (χ0v) is 11.4. The lowest BCUT2D eigenvalue weighted by Crippen LogP contribution is -2.13. The molecule has 2 aromatic rings. The summed E-state index contributed by atoms with van der Waals surface area (Å²) < 4.78 is 26.2. The van der Waals surface area contributed by atoms with Crippen molar-refractivity contribution < 1.29 is 18.3 Å². The zero-order valence-electron chi connectivity index (χ0n) is 9.77. The molecule has 0 aliphatic carbocycles. The van der Waals surface area contributed by atoms with Gasteiger partial charge in [0.15, 0.2) is 0 Å². The number of hydrogen-bond donors (Lipinski definition) is 2. The smallest absolute Gasteiger partial charge is 0.335 e. The van der Waals surface area contributed by atoms with Crippen molar-refractivity contribution in [3.8, 4) is 6.07 Å². The van der Waals surface area contributed by atoms with E-state index in [2.05, 4.69) is 9.71 Å². The molecule has 102 valence electrons. The Kier molecular flexibility index (Phi) is 3.69. The molecule has 0 unspecified atom stereocenters. The molecule has 0 aliphatic heterocycles. The van der Waals surface area contributed by atoms with Gasteiger partial charge in [-0.15, -0.1) is 11.3 Å². The maximum absolute atomic E-state index is 12.0. The topological polar surface area (TPSA) is 120 Å². The summed E-state index contributed by atoms with van der Waals surface area (Å²) in [7, 11) is -3.88.